The molecule has 0 aromatic heterocycles. The molecule has 0 saturated carbocycles. The largest absolute Gasteiger partial charge is 0.352 e. The van der Waals surface area contributed by atoms with Gasteiger partial charge in [-0.05, 0) is 25.0 Å². The molecule has 0 radical (unpaired) electrons. The third-order valence-corrected chi connectivity index (χ3v) is 2.45. The number of carbonyl (C=O) groups is 1. The van der Waals surface area contributed by atoms with Crippen LogP contribution in [-0.2, 0) is 0 Å². The number of nitrogens with one attached hydrogen (secondary N) is 1. The quantitative estimate of drug-likeness (QED) is 0.800. The third-order valence-electron chi connectivity index (χ3n) is 2.12. The predicted molar refractivity (Wildman–Crippen MR) is 63.2 cm³/mol. The van der Waals surface area contributed by atoms with E-state index in [4.69, 9.17) is 16.9 Å². The van der Waals surface area contributed by atoms with Gasteiger partial charge in [0.2, 0.25) is 0 Å². The number of nitriles is 1. The van der Waals surface area contributed by atoms with Crippen molar-refractivity contribution in [3.05, 3.63) is 34.9 Å². The molecule has 4 heteroatoms. The molecule has 3 nitrogen and oxygen atoms in total. The van der Waals surface area contributed by atoms with Gasteiger partial charge in [-0.15, -0.1) is 0 Å². The first-order chi connectivity index (χ1) is 7.75. The van der Waals surface area contributed by atoms with E-state index in [-0.39, 0.29) is 5.91 Å². The number of unbranched alkanes of at least 4 members (excludes halogenated alkanes) is 2. The molecule has 0 fully saturated rings. The molecular formula is C12H13ClN2O. The zero-order valence-electron chi connectivity index (χ0n) is 8.87. The van der Waals surface area contributed by atoms with E-state index >= 15 is 0 Å². The molecule has 0 unspecified atom stereocenters. The Morgan fingerprint density at radius 1 is 1.38 bits per heavy atom. The molecule has 0 bridgehead atoms. The maximum Gasteiger partial charge on any atom is 0.252 e. The Bertz CT molecular complexity index is 398. The molecule has 0 aliphatic rings. The maximum atomic E-state index is 11.6. The summed E-state index contributed by atoms with van der Waals surface area (Å²) in [6.07, 6.45) is 2.14. The molecule has 84 valence electrons. The molecule has 1 rings (SSSR count). The fraction of sp³-hybridized carbons (Fsp3) is 0.333. The number of hydrogen-bond donors (Lipinski definition) is 1. The lowest BCUT2D eigenvalue weighted by Gasteiger charge is -2.05. The van der Waals surface area contributed by atoms with Crippen LogP contribution in [0, 0.1) is 11.3 Å². The summed E-state index contributed by atoms with van der Waals surface area (Å²) in [6, 6.07) is 8.99. The maximum absolute atomic E-state index is 11.6. The van der Waals surface area contributed by atoms with Gasteiger partial charge in [0.05, 0.1) is 16.7 Å². The summed E-state index contributed by atoms with van der Waals surface area (Å²) in [7, 11) is 0. The lowest BCUT2D eigenvalue weighted by Crippen LogP contribution is -2.24. The van der Waals surface area contributed by atoms with E-state index in [1.54, 1.807) is 24.3 Å². The van der Waals surface area contributed by atoms with Crippen molar-refractivity contribution in [2.45, 2.75) is 19.3 Å². The minimum Gasteiger partial charge on any atom is -0.352 e. The van der Waals surface area contributed by atoms with Gasteiger partial charge >= 0.3 is 0 Å². The lowest BCUT2D eigenvalue weighted by molar-refractivity contribution is 0.0953. The molecule has 0 aliphatic heterocycles. The van der Waals surface area contributed by atoms with Crippen LogP contribution in [0.2, 0.25) is 5.02 Å². The van der Waals surface area contributed by atoms with Crippen molar-refractivity contribution in [1.82, 2.24) is 5.32 Å². The van der Waals surface area contributed by atoms with E-state index in [0.29, 0.717) is 23.6 Å². The van der Waals surface area contributed by atoms with E-state index in [9.17, 15) is 4.79 Å². The zero-order chi connectivity index (χ0) is 11.8. The molecule has 1 aromatic carbocycles. The number of rotatable bonds is 5. The molecule has 16 heavy (non-hydrogen) atoms. The summed E-state index contributed by atoms with van der Waals surface area (Å²) >= 11 is 5.88. The van der Waals surface area contributed by atoms with E-state index in [0.717, 1.165) is 12.8 Å². The number of amides is 1. The Morgan fingerprint density at radius 2 is 2.12 bits per heavy atom. The number of hydrogen-bond acceptors (Lipinski definition) is 2. The first-order valence-corrected chi connectivity index (χ1v) is 5.53. The number of halogens is 1. The minimum atomic E-state index is -0.164. The molecule has 0 heterocycles. The van der Waals surface area contributed by atoms with E-state index in [1.165, 1.54) is 0 Å². The summed E-state index contributed by atoms with van der Waals surface area (Å²) in [4.78, 5) is 11.6. The summed E-state index contributed by atoms with van der Waals surface area (Å²) in [6.45, 7) is 0.575. The molecule has 1 amide bonds. The Morgan fingerprint density at radius 3 is 2.81 bits per heavy atom. The van der Waals surface area contributed by atoms with Crippen molar-refractivity contribution >= 4 is 17.5 Å². The number of nitrogens with zero attached hydrogens (tertiary/aromatic N) is 1. The monoisotopic (exact) mass is 236 g/mol. The topological polar surface area (TPSA) is 52.9 Å². The van der Waals surface area contributed by atoms with Gasteiger partial charge in [-0.3, -0.25) is 4.79 Å². The average molecular weight is 237 g/mol. The average Bonchev–Trinajstić information content (AvgIpc) is 2.29. The van der Waals surface area contributed by atoms with Crippen LogP contribution < -0.4 is 5.32 Å². The van der Waals surface area contributed by atoms with Crippen LogP contribution in [0.3, 0.4) is 0 Å². The van der Waals surface area contributed by atoms with Crippen molar-refractivity contribution < 1.29 is 4.79 Å². The standard InChI is InChI=1S/C12H13ClN2O/c13-11-7-3-2-6-10(11)12(16)15-9-5-1-4-8-14/h2-3,6-7H,1,4-5,9H2,(H,15,16). The Kier molecular flexibility index (Phi) is 5.38. The van der Waals surface area contributed by atoms with Gasteiger partial charge < -0.3 is 5.32 Å². The molecule has 1 N–H and O–H groups in total. The van der Waals surface area contributed by atoms with Crippen LogP contribution in [0.25, 0.3) is 0 Å². The number of benzene rings is 1. The highest BCUT2D eigenvalue weighted by atomic mass is 35.5. The van der Waals surface area contributed by atoms with Gasteiger partial charge in [-0.2, -0.15) is 5.26 Å². The van der Waals surface area contributed by atoms with Gasteiger partial charge in [-0.25, -0.2) is 0 Å². The highest BCUT2D eigenvalue weighted by molar-refractivity contribution is 6.33. The summed E-state index contributed by atoms with van der Waals surface area (Å²) in [5.41, 5.74) is 0.490. The van der Waals surface area contributed by atoms with E-state index < -0.39 is 0 Å². The highest BCUT2D eigenvalue weighted by Gasteiger charge is 2.07. The smallest absolute Gasteiger partial charge is 0.252 e. The normalized spacial score (nSPS) is 9.50. The zero-order valence-corrected chi connectivity index (χ0v) is 9.63. The fourth-order valence-electron chi connectivity index (χ4n) is 1.27. The van der Waals surface area contributed by atoms with Gasteiger partial charge in [0.15, 0.2) is 0 Å². The molecule has 0 atom stereocenters. The third kappa shape index (κ3) is 3.92. The Balaban J connectivity index is 2.36. The van der Waals surface area contributed by atoms with Crippen LogP contribution >= 0.6 is 11.6 Å². The predicted octanol–water partition coefficient (Wildman–Crippen LogP) is 2.76. The Hall–Kier alpha value is -1.53. The van der Waals surface area contributed by atoms with Gasteiger partial charge in [-0.1, -0.05) is 23.7 Å². The van der Waals surface area contributed by atoms with Crippen molar-refractivity contribution in [1.29, 1.82) is 5.26 Å². The van der Waals surface area contributed by atoms with Crippen molar-refractivity contribution in [2.75, 3.05) is 6.54 Å². The van der Waals surface area contributed by atoms with Gasteiger partial charge in [0.25, 0.3) is 5.91 Å². The van der Waals surface area contributed by atoms with Gasteiger partial charge in [0.1, 0.15) is 0 Å². The Labute approximate surface area is 100 Å². The van der Waals surface area contributed by atoms with Crippen molar-refractivity contribution in [2.24, 2.45) is 0 Å². The molecular weight excluding hydrogens is 224 g/mol. The second-order valence-electron chi connectivity index (χ2n) is 3.35. The fourth-order valence-corrected chi connectivity index (χ4v) is 1.49. The lowest BCUT2D eigenvalue weighted by atomic mass is 10.2. The van der Waals surface area contributed by atoms with Crippen molar-refractivity contribution in [3.8, 4) is 6.07 Å². The molecule has 1 aromatic rings. The molecule has 0 saturated heterocycles. The first-order valence-electron chi connectivity index (χ1n) is 5.15. The van der Waals surface area contributed by atoms with Crippen LogP contribution in [-0.4, -0.2) is 12.5 Å². The highest BCUT2D eigenvalue weighted by Crippen LogP contribution is 2.14. The summed E-state index contributed by atoms with van der Waals surface area (Å²) in [5, 5.41) is 11.6. The first kappa shape index (κ1) is 12.5. The van der Waals surface area contributed by atoms with Gasteiger partial charge in [0, 0.05) is 13.0 Å². The second kappa shape index (κ2) is 6.86. The van der Waals surface area contributed by atoms with Crippen molar-refractivity contribution in [3.63, 3.8) is 0 Å². The van der Waals surface area contributed by atoms with Crippen LogP contribution in [0.15, 0.2) is 24.3 Å². The van der Waals surface area contributed by atoms with E-state index in [2.05, 4.69) is 11.4 Å². The SMILES string of the molecule is N#CCCCCNC(=O)c1ccccc1Cl. The second-order valence-corrected chi connectivity index (χ2v) is 3.76. The summed E-state index contributed by atoms with van der Waals surface area (Å²) in [5.74, 6) is -0.164. The number of carbonyl (C=O) groups excluding carboxylic acids is 1. The van der Waals surface area contributed by atoms with Crippen LogP contribution in [0.5, 0.6) is 0 Å². The molecule has 0 spiro atoms. The van der Waals surface area contributed by atoms with E-state index in [1.807, 2.05) is 0 Å². The molecule has 0 aliphatic carbocycles. The van der Waals surface area contributed by atoms with Crippen LogP contribution in [0.4, 0.5) is 0 Å². The minimum absolute atomic E-state index is 0.164. The van der Waals surface area contributed by atoms with Crippen LogP contribution in [0.1, 0.15) is 29.6 Å². The summed E-state index contributed by atoms with van der Waals surface area (Å²) < 4.78 is 0.